The van der Waals surface area contributed by atoms with Crippen LogP contribution >= 0.6 is 0 Å². The van der Waals surface area contributed by atoms with Crippen molar-refractivity contribution in [1.29, 1.82) is 0 Å². The van der Waals surface area contributed by atoms with Gasteiger partial charge in [0.2, 0.25) is 5.91 Å². The topological polar surface area (TPSA) is 58.6 Å². The highest BCUT2D eigenvalue weighted by atomic mass is 16.5. The first kappa shape index (κ1) is 15.2. The van der Waals surface area contributed by atoms with Crippen LogP contribution in [-0.2, 0) is 9.53 Å². The van der Waals surface area contributed by atoms with Crippen LogP contribution in [0, 0.1) is 18.8 Å². The first-order valence-corrected chi connectivity index (χ1v) is 6.16. The molecule has 0 fully saturated rings. The van der Waals surface area contributed by atoms with Crippen molar-refractivity contribution in [3.63, 3.8) is 0 Å². The number of rotatable bonds is 5. The van der Waals surface area contributed by atoms with E-state index in [4.69, 9.17) is 9.84 Å². The van der Waals surface area contributed by atoms with E-state index in [0.717, 1.165) is 11.1 Å². The molecule has 4 heteroatoms. The Balaban J connectivity index is 2.82. The molecule has 0 spiro atoms. The molecule has 19 heavy (non-hydrogen) atoms. The highest BCUT2D eigenvalue weighted by molar-refractivity contribution is 5.92. The monoisotopic (exact) mass is 261 g/mol. The van der Waals surface area contributed by atoms with E-state index >= 15 is 0 Å². The van der Waals surface area contributed by atoms with Crippen molar-refractivity contribution in [2.45, 2.75) is 19.8 Å². The molecule has 102 valence electrons. The number of anilines is 1. The molecule has 0 aliphatic carbocycles. The van der Waals surface area contributed by atoms with Crippen molar-refractivity contribution in [3.05, 3.63) is 29.3 Å². The second-order valence-corrected chi connectivity index (χ2v) is 4.12. The van der Waals surface area contributed by atoms with Crippen LogP contribution in [0.3, 0.4) is 0 Å². The molecule has 1 aromatic carbocycles. The molecule has 2 N–H and O–H groups in total. The summed E-state index contributed by atoms with van der Waals surface area (Å²) < 4.78 is 4.86. The molecule has 0 atom stereocenters. The maximum atomic E-state index is 11.7. The maximum absolute atomic E-state index is 11.7. The summed E-state index contributed by atoms with van der Waals surface area (Å²) in [6.45, 7) is 2.39. The molecule has 0 unspecified atom stereocenters. The summed E-state index contributed by atoms with van der Waals surface area (Å²) in [4.78, 5) is 11.7. The van der Waals surface area contributed by atoms with E-state index in [1.807, 2.05) is 25.1 Å². The van der Waals surface area contributed by atoms with Gasteiger partial charge in [-0.15, -0.1) is 0 Å². The van der Waals surface area contributed by atoms with Crippen molar-refractivity contribution in [2.24, 2.45) is 0 Å². The van der Waals surface area contributed by atoms with Crippen LogP contribution in [0.25, 0.3) is 0 Å². The van der Waals surface area contributed by atoms with E-state index in [1.165, 1.54) is 0 Å². The fraction of sp³-hybridized carbons (Fsp3) is 0.400. The van der Waals surface area contributed by atoms with E-state index in [9.17, 15) is 4.79 Å². The van der Waals surface area contributed by atoms with Gasteiger partial charge in [-0.25, -0.2) is 0 Å². The summed E-state index contributed by atoms with van der Waals surface area (Å²) in [5.41, 5.74) is 2.53. The zero-order valence-electron chi connectivity index (χ0n) is 11.3. The minimum Gasteiger partial charge on any atom is -0.395 e. The number of aliphatic hydroxyl groups is 1. The quantitative estimate of drug-likeness (QED) is 0.793. The fourth-order valence-electron chi connectivity index (χ4n) is 1.49. The van der Waals surface area contributed by atoms with Crippen LogP contribution in [-0.4, -0.2) is 31.3 Å². The first-order chi connectivity index (χ1) is 9.17. The molecule has 0 aliphatic rings. The number of nitrogens with one attached hydrogen (secondary N) is 1. The van der Waals surface area contributed by atoms with Crippen LogP contribution in [0.2, 0.25) is 0 Å². The lowest BCUT2D eigenvalue weighted by molar-refractivity contribution is -0.117. The van der Waals surface area contributed by atoms with E-state index in [1.54, 1.807) is 7.11 Å². The van der Waals surface area contributed by atoms with Gasteiger partial charge in [-0.3, -0.25) is 4.79 Å². The molecule has 0 saturated heterocycles. The van der Waals surface area contributed by atoms with Gasteiger partial charge in [0, 0.05) is 19.1 Å². The summed E-state index contributed by atoms with van der Waals surface area (Å²) in [5.74, 6) is 5.72. The van der Waals surface area contributed by atoms with Gasteiger partial charge in [0.1, 0.15) is 0 Å². The Morgan fingerprint density at radius 1 is 1.47 bits per heavy atom. The predicted molar refractivity (Wildman–Crippen MR) is 74.9 cm³/mol. The largest absolute Gasteiger partial charge is 0.395 e. The summed E-state index contributed by atoms with van der Waals surface area (Å²) in [5, 5.41) is 11.5. The van der Waals surface area contributed by atoms with Crippen LogP contribution in [0.4, 0.5) is 5.69 Å². The second kappa shape index (κ2) is 8.30. The van der Waals surface area contributed by atoms with Gasteiger partial charge in [-0.2, -0.15) is 0 Å². The summed E-state index contributed by atoms with van der Waals surface area (Å²) >= 11 is 0. The average molecular weight is 261 g/mol. The molecule has 1 amide bonds. The lowest BCUT2D eigenvalue weighted by atomic mass is 10.1. The fourth-order valence-corrected chi connectivity index (χ4v) is 1.49. The Kier molecular flexibility index (Phi) is 6.65. The van der Waals surface area contributed by atoms with Gasteiger partial charge < -0.3 is 15.2 Å². The van der Waals surface area contributed by atoms with Gasteiger partial charge in [-0.05, 0) is 24.6 Å². The lowest BCUT2D eigenvalue weighted by Gasteiger charge is -2.08. The number of carbonyl (C=O) groups excluding carboxylic acids is 1. The van der Waals surface area contributed by atoms with Crippen LogP contribution in [0.5, 0.6) is 0 Å². The van der Waals surface area contributed by atoms with Crippen molar-refractivity contribution in [2.75, 3.05) is 25.6 Å². The van der Waals surface area contributed by atoms with Crippen molar-refractivity contribution in [1.82, 2.24) is 0 Å². The molecule has 0 heterocycles. The third-order valence-corrected chi connectivity index (χ3v) is 2.44. The van der Waals surface area contributed by atoms with Gasteiger partial charge in [0.05, 0.1) is 25.3 Å². The van der Waals surface area contributed by atoms with E-state index in [2.05, 4.69) is 17.2 Å². The smallest absolute Gasteiger partial charge is 0.226 e. The average Bonchev–Trinajstić information content (AvgIpc) is 2.39. The minimum absolute atomic E-state index is 0.0361. The summed E-state index contributed by atoms with van der Waals surface area (Å²) in [7, 11) is 1.56. The SMILES string of the molecule is COCCC(=O)Nc1ccc(C)cc1C#CCCO. The van der Waals surface area contributed by atoms with Crippen molar-refractivity contribution in [3.8, 4) is 11.8 Å². The van der Waals surface area contributed by atoms with Gasteiger partial charge >= 0.3 is 0 Å². The summed E-state index contributed by atoms with van der Waals surface area (Å²) in [6.07, 6.45) is 0.735. The Labute approximate surface area is 113 Å². The Hall–Kier alpha value is -1.83. The molecular formula is C15H19NO3. The van der Waals surface area contributed by atoms with Crippen LogP contribution in [0.1, 0.15) is 24.0 Å². The zero-order chi connectivity index (χ0) is 14.1. The summed E-state index contributed by atoms with van der Waals surface area (Å²) in [6, 6.07) is 5.67. The molecule has 0 aromatic heterocycles. The molecule has 0 aliphatic heterocycles. The molecular weight excluding hydrogens is 242 g/mol. The number of ether oxygens (including phenoxy) is 1. The highest BCUT2D eigenvalue weighted by Crippen LogP contribution is 2.16. The van der Waals surface area contributed by atoms with E-state index in [0.29, 0.717) is 25.1 Å². The number of hydrogen-bond donors (Lipinski definition) is 2. The van der Waals surface area contributed by atoms with Gasteiger partial charge in [-0.1, -0.05) is 17.9 Å². The van der Waals surface area contributed by atoms with Crippen LogP contribution < -0.4 is 5.32 Å². The van der Waals surface area contributed by atoms with Gasteiger partial charge in [0.25, 0.3) is 0 Å². The third kappa shape index (κ3) is 5.56. The highest BCUT2D eigenvalue weighted by Gasteiger charge is 2.05. The number of carbonyl (C=O) groups is 1. The lowest BCUT2D eigenvalue weighted by Crippen LogP contribution is -2.14. The normalized spacial score (nSPS) is 9.63. The number of aliphatic hydroxyl groups excluding tert-OH is 1. The minimum atomic E-state index is -0.101. The van der Waals surface area contributed by atoms with Crippen LogP contribution in [0.15, 0.2) is 18.2 Å². The third-order valence-electron chi connectivity index (χ3n) is 2.44. The number of benzene rings is 1. The molecule has 0 radical (unpaired) electrons. The molecule has 1 rings (SSSR count). The van der Waals surface area contributed by atoms with Crippen molar-refractivity contribution >= 4 is 11.6 Å². The van der Waals surface area contributed by atoms with E-state index < -0.39 is 0 Å². The van der Waals surface area contributed by atoms with Gasteiger partial charge in [0.15, 0.2) is 0 Å². The predicted octanol–water partition coefficient (Wildman–Crippen LogP) is 1.70. The van der Waals surface area contributed by atoms with E-state index in [-0.39, 0.29) is 12.5 Å². The second-order valence-electron chi connectivity index (χ2n) is 4.12. The molecule has 0 bridgehead atoms. The molecule has 4 nitrogen and oxygen atoms in total. The number of methoxy groups -OCH3 is 1. The standard InChI is InChI=1S/C15H19NO3/c1-12-6-7-14(16-15(18)8-10-19-2)13(11-12)5-3-4-9-17/h6-7,11,17H,4,8-10H2,1-2H3,(H,16,18). The Morgan fingerprint density at radius 2 is 2.26 bits per heavy atom. The number of amides is 1. The molecule has 0 saturated carbocycles. The molecule has 1 aromatic rings. The first-order valence-electron chi connectivity index (χ1n) is 6.16. The van der Waals surface area contributed by atoms with Crippen molar-refractivity contribution < 1.29 is 14.6 Å². The zero-order valence-corrected chi connectivity index (χ0v) is 11.3. The maximum Gasteiger partial charge on any atom is 0.226 e. The number of hydrogen-bond acceptors (Lipinski definition) is 3. The number of aryl methyl sites for hydroxylation is 1. The Bertz CT molecular complexity index is 486. The Morgan fingerprint density at radius 3 is 2.95 bits per heavy atom.